The van der Waals surface area contributed by atoms with Gasteiger partial charge >= 0.3 is 0 Å². The molecule has 3 aliphatic rings. The molecule has 0 unspecified atom stereocenters. The number of carbonyl (C=O) groups excluding carboxylic acids is 1. The van der Waals surface area contributed by atoms with Crippen LogP contribution in [0.15, 0.2) is 36.4 Å². The van der Waals surface area contributed by atoms with Crippen molar-refractivity contribution in [1.29, 1.82) is 0 Å². The first-order valence-corrected chi connectivity index (χ1v) is 11.1. The minimum absolute atomic E-state index is 0.128. The molecule has 0 bridgehead atoms. The Labute approximate surface area is 176 Å². The minimum Gasteiger partial charge on any atom is -0.307 e. The summed E-state index contributed by atoms with van der Waals surface area (Å²) in [5.74, 6) is -1.33. The number of benzene rings is 2. The lowest BCUT2D eigenvalue weighted by molar-refractivity contribution is 0.0958. The zero-order valence-electron chi connectivity index (χ0n) is 17.5. The largest absolute Gasteiger partial charge is 0.307 e. The number of hydrogen-bond donors (Lipinski definition) is 0. The van der Waals surface area contributed by atoms with Crippen LogP contribution in [0.3, 0.4) is 0 Å². The second kappa shape index (κ2) is 7.45. The smallest absolute Gasteiger partial charge is 0.264 e. The fourth-order valence-corrected chi connectivity index (χ4v) is 5.44. The van der Waals surface area contributed by atoms with Gasteiger partial charge in [0, 0.05) is 24.2 Å². The molecule has 1 saturated heterocycles. The van der Waals surface area contributed by atoms with E-state index in [4.69, 9.17) is 0 Å². The highest BCUT2D eigenvalue weighted by atomic mass is 19.1. The summed E-state index contributed by atoms with van der Waals surface area (Å²) in [5, 5.41) is 0. The number of anilines is 1. The summed E-state index contributed by atoms with van der Waals surface area (Å²) >= 11 is 0. The van der Waals surface area contributed by atoms with Gasteiger partial charge in [-0.1, -0.05) is 24.6 Å². The average Bonchev–Trinajstić information content (AvgIpc) is 2.99. The molecule has 2 aromatic rings. The van der Waals surface area contributed by atoms with E-state index in [9.17, 15) is 13.6 Å². The molecular weight excluding hydrogens is 382 g/mol. The van der Waals surface area contributed by atoms with Gasteiger partial charge in [0.05, 0.1) is 0 Å². The number of hydrogen-bond acceptors (Lipinski definition) is 2. The Balaban J connectivity index is 1.44. The summed E-state index contributed by atoms with van der Waals surface area (Å²) in [6.07, 6.45) is 6.00. The molecule has 5 rings (SSSR count). The Kier molecular flexibility index (Phi) is 4.89. The lowest BCUT2D eigenvalue weighted by atomic mass is 9.73. The van der Waals surface area contributed by atoms with Gasteiger partial charge in [-0.05, 0) is 80.9 Å². The van der Waals surface area contributed by atoms with E-state index in [0.29, 0.717) is 6.54 Å². The van der Waals surface area contributed by atoms with Crippen molar-refractivity contribution in [2.45, 2.75) is 44.4 Å². The van der Waals surface area contributed by atoms with Gasteiger partial charge < -0.3 is 9.80 Å². The molecule has 30 heavy (non-hydrogen) atoms. The number of carbonyl (C=O) groups is 1. The second-order valence-electron chi connectivity index (χ2n) is 9.39. The van der Waals surface area contributed by atoms with Crippen molar-refractivity contribution < 1.29 is 13.6 Å². The van der Waals surface area contributed by atoms with Crippen LogP contribution in [0.4, 0.5) is 14.5 Å². The first-order valence-electron chi connectivity index (χ1n) is 11.1. The summed E-state index contributed by atoms with van der Waals surface area (Å²) in [5.41, 5.74) is 2.43. The number of fused-ring (bicyclic) bond motifs is 2. The van der Waals surface area contributed by atoms with Crippen molar-refractivity contribution in [3.05, 3.63) is 64.7 Å². The van der Waals surface area contributed by atoms with E-state index >= 15 is 0 Å². The number of amides is 1. The zero-order valence-corrected chi connectivity index (χ0v) is 17.5. The number of nitrogens with zero attached hydrogens (tertiary/aromatic N) is 2. The maximum absolute atomic E-state index is 14.4. The van der Waals surface area contributed by atoms with Crippen molar-refractivity contribution in [3.8, 4) is 0 Å². The first-order chi connectivity index (χ1) is 14.5. The van der Waals surface area contributed by atoms with E-state index in [2.05, 4.69) is 17.0 Å². The van der Waals surface area contributed by atoms with Gasteiger partial charge in [0.15, 0.2) is 0 Å². The highest BCUT2D eigenvalue weighted by Gasteiger charge is 2.47. The van der Waals surface area contributed by atoms with Gasteiger partial charge in [-0.2, -0.15) is 0 Å². The van der Waals surface area contributed by atoms with E-state index in [1.807, 2.05) is 13.0 Å². The predicted octanol–water partition coefficient (Wildman–Crippen LogP) is 5.07. The maximum atomic E-state index is 14.4. The van der Waals surface area contributed by atoms with Gasteiger partial charge in [0.25, 0.3) is 5.91 Å². The van der Waals surface area contributed by atoms with E-state index in [1.54, 1.807) is 4.90 Å². The van der Waals surface area contributed by atoms with Gasteiger partial charge in [-0.25, -0.2) is 8.78 Å². The molecule has 0 radical (unpaired) electrons. The Morgan fingerprint density at radius 2 is 1.80 bits per heavy atom. The summed E-state index contributed by atoms with van der Waals surface area (Å²) in [4.78, 5) is 17.5. The SMILES string of the molecule is Cc1ccc2c(c1)N(C(=O)c1c(F)cccc1F)CC21CCN(CC2CCC2)CC1. The molecule has 3 nitrogen and oxygen atoms in total. The van der Waals surface area contributed by atoms with Crippen molar-refractivity contribution in [2.75, 3.05) is 31.1 Å². The molecule has 1 amide bonds. The standard InChI is InChI=1S/C25H28F2N2O/c1-17-8-9-19-22(14-17)29(24(30)23-20(26)6-3-7-21(23)27)16-25(19)10-12-28(13-11-25)15-18-4-2-5-18/h3,6-9,14,18H,2,4-5,10-13,15-16H2,1H3. The average molecular weight is 411 g/mol. The summed E-state index contributed by atoms with van der Waals surface area (Å²) in [6, 6.07) is 9.79. The van der Waals surface area contributed by atoms with E-state index in [1.165, 1.54) is 31.9 Å². The van der Waals surface area contributed by atoms with Crippen molar-refractivity contribution in [1.82, 2.24) is 4.90 Å². The molecule has 0 atom stereocenters. The van der Waals surface area contributed by atoms with E-state index < -0.39 is 23.1 Å². The van der Waals surface area contributed by atoms with Crippen LogP contribution < -0.4 is 4.90 Å². The Bertz CT molecular complexity index is 957. The summed E-state index contributed by atoms with van der Waals surface area (Å²) in [6.45, 7) is 5.69. The third kappa shape index (κ3) is 3.24. The van der Waals surface area contributed by atoms with Crippen molar-refractivity contribution in [3.63, 3.8) is 0 Å². The number of likely N-dealkylation sites (tertiary alicyclic amines) is 1. The molecule has 2 heterocycles. The number of rotatable bonds is 3. The van der Waals surface area contributed by atoms with Gasteiger partial charge in [0.2, 0.25) is 0 Å². The molecule has 2 aromatic carbocycles. The van der Waals surface area contributed by atoms with Gasteiger partial charge in [-0.3, -0.25) is 4.79 Å². The third-order valence-corrected chi connectivity index (χ3v) is 7.45. The molecule has 0 N–H and O–H groups in total. The number of aryl methyl sites for hydroxylation is 1. The lowest BCUT2D eigenvalue weighted by Gasteiger charge is -2.42. The minimum atomic E-state index is -0.800. The van der Waals surface area contributed by atoms with Gasteiger partial charge in [-0.15, -0.1) is 0 Å². The highest BCUT2D eigenvalue weighted by molar-refractivity contribution is 6.08. The quantitative estimate of drug-likeness (QED) is 0.706. The predicted molar refractivity (Wildman–Crippen MR) is 114 cm³/mol. The summed E-state index contributed by atoms with van der Waals surface area (Å²) < 4.78 is 28.7. The summed E-state index contributed by atoms with van der Waals surface area (Å²) in [7, 11) is 0. The molecule has 5 heteroatoms. The molecule has 1 spiro atoms. The lowest BCUT2D eigenvalue weighted by Crippen LogP contribution is -2.47. The van der Waals surface area contributed by atoms with Crippen LogP contribution in [0.25, 0.3) is 0 Å². The highest BCUT2D eigenvalue weighted by Crippen LogP contribution is 2.48. The Morgan fingerprint density at radius 1 is 1.10 bits per heavy atom. The normalized spacial score (nSPS) is 21.0. The number of halogens is 2. The van der Waals surface area contributed by atoms with E-state index in [-0.39, 0.29) is 5.41 Å². The van der Waals surface area contributed by atoms with Crippen LogP contribution in [0.5, 0.6) is 0 Å². The third-order valence-electron chi connectivity index (χ3n) is 7.45. The van der Waals surface area contributed by atoms with E-state index in [0.717, 1.165) is 60.8 Å². The number of piperidine rings is 1. The Hall–Kier alpha value is -2.27. The molecule has 0 aromatic heterocycles. The topological polar surface area (TPSA) is 23.6 Å². The first kappa shape index (κ1) is 19.7. The van der Waals surface area contributed by atoms with Crippen molar-refractivity contribution >= 4 is 11.6 Å². The zero-order chi connectivity index (χ0) is 20.9. The van der Waals surface area contributed by atoms with Crippen LogP contribution in [0.1, 0.15) is 53.6 Å². The molecule has 2 fully saturated rings. The van der Waals surface area contributed by atoms with Crippen LogP contribution in [-0.4, -0.2) is 37.0 Å². The monoisotopic (exact) mass is 410 g/mol. The van der Waals surface area contributed by atoms with Gasteiger partial charge in [0.1, 0.15) is 17.2 Å². The molecule has 1 aliphatic carbocycles. The molecule has 1 saturated carbocycles. The van der Waals surface area contributed by atoms with Crippen LogP contribution in [-0.2, 0) is 5.41 Å². The second-order valence-corrected chi connectivity index (χ2v) is 9.39. The molecular formula is C25H28F2N2O. The van der Waals surface area contributed by atoms with Crippen LogP contribution >= 0.6 is 0 Å². The fraction of sp³-hybridized carbons (Fsp3) is 0.480. The molecule has 2 aliphatic heterocycles. The fourth-order valence-electron chi connectivity index (χ4n) is 5.44. The van der Waals surface area contributed by atoms with Crippen LogP contribution in [0, 0.1) is 24.5 Å². The van der Waals surface area contributed by atoms with Crippen LogP contribution in [0.2, 0.25) is 0 Å². The Morgan fingerprint density at radius 3 is 2.43 bits per heavy atom. The molecule has 158 valence electrons. The maximum Gasteiger partial charge on any atom is 0.264 e. The van der Waals surface area contributed by atoms with Crippen molar-refractivity contribution in [2.24, 2.45) is 5.92 Å².